The van der Waals surface area contributed by atoms with Crippen LogP contribution in [-0.2, 0) is 0 Å². The van der Waals surface area contributed by atoms with Crippen molar-refractivity contribution in [3.63, 3.8) is 0 Å². The standard InChI is InChI=1S/C11H19NSi/c1-9(12)10-6-5-7-11(8-10)13(2,3)4/h5-9H,12H2,1-4H3. The fourth-order valence-electron chi connectivity index (χ4n) is 1.29. The van der Waals surface area contributed by atoms with Gasteiger partial charge in [-0.05, 0) is 12.5 Å². The van der Waals surface area contributed by atoms with Gasteiger partial charge in [0.2, 0.25) is 0 Å². The second kappa shape index (κ2) is 3.64. The van der Waals surface area contributed by atoms with Gasteiger partial charge in [0, 0.05) is 6.04 Å². The van der Waals surface area contributed by atoms with Crippen LogP contribution in [0.2, 0.25) is 19.6 Å². The molecule has 1 nitrogen and oxygen atoms in total. The van der Waals surface area contributed by atoms with Gasteiger partial charge < -0.3 is 5.73 Å². The van der Waals surface area contributed by atoms with Crippen LogP contribution in [0.3, 0.4) is 0 Å². The van der Waals surface area contributed by atoms with Gasteiger partial charge in [-0.25, -0.2) is 0 Å². The number of hydrogen-bond donors (Lipinski definition) is 1. The van der Waals surface area contributed by atoms with Crippen LogP contribution in [0.25, 0.3) is 0 Å². The van der Waals surface area contributed by atoms with Gasteiger partial charge in [-0.15, -0.1) is 0 Å². The van der Waals surface area contributed by atoms with E-state index in [4.69, 9.17) is 5.73 Å². The lowest BCUT2D eigenvalue weighted by molar-refractivity contribution is 0.819. The van der Waals surface area contributed by atoms with Crippen LogP contribution in [-0.4, -0.2) is 8.07 Å². The maximum Gasteiger partial charge on any atom is 0.0776 e. The molecular formula is C11H19NSi. The Bertz CT molecular complexity index is 286. The maximum absolute atomic E-state index is 5.84. The molecule has 1 rings (SSSR count). The summed E-state index contributed by atoms with van der Waals surface area (Å²) in [7, 11) is -1.17. The second-order valence-corrected chi connectivity index (χ2v) is 9.74. The second-order valence-electron chi connectivity index (χ2n) is 4.66. The molecule has 2 heteroatoms. The Morgan fingerprint density at radius 3 is 2.31 bits per heavy atom. The van der Waals surface area contributed by atoms with E-state index in [-0.39, 0.29) is 6.04 Å². The fraction of sp³-hybridized carbons (Fsp3) is 0.455. The minimum absolute atomic E-state index is 0.149. The fourth-order valence-corrected chi connectivity index (χ4v) is 2.48. The van der Waals surface area contributed by atoms with Crippen molar-refractivity contribution >= 4 is 13.3 Å². The molecule has 0 fully saturated rings. The SMILES string of the molecule is CC(N)c1cccc([Si](C)(C)C)c1. The summed E-state index contributed by atoms with van der Waals surface area (Å²) in [4.78, 5) is 0. The van der Waals surface area contributed by atoms with Gasteiger partial charge >= 0.3 is 0 Å². The van der Waals surface area contributed by atoms with Gasteiger partial charge in [0.15, 0.2) is 0 Å². The third-order valence-corrected chi connectivity index (χ3v) is 4.32. The molecule has 1 atom stereocenters. The van der Waals surface area contributed by atoms with Gasteiger partial charge in [0.25, 0.3) is 0 Å². The molecule has 0 saturated heterocycles. The Balaban J connectivity index is 3.06. The van der Waals surface area contributed by atoms with E-state index in [1.807, 2.05) is 6.92 Å². The molecule has 0 aliphatic carbocycles. The lowest BCUT2D eigenvalue weighted by atomic mass is 10.1. The highest BCUT2D eigenvalue weighted by molar-refractivity contribution is 6.88. The Morgan fingerprint density at radius 2 is 1.85 bits per heavy atom. The molecule has 0 radical (unpaired) electrons. The van der Waals surface area contributed by atoms with Gasteiger partial charge in [-0.1, -0.05) is 49.1 Å². The normalized spacial score (nSPS) is 14.2. The lowest BCUT2D eigenvalue weighted by Crippen LogP contribution is -2.37. The molecule has 0 aliphatic heterocycles. The summed E-state index contributed by atoms with van der Waals surface area (Å²) >= 11 is 0. The molecule has 1 aromatic carbocycles. The van der Waals surface area contributed by atoms with Gasteiger partial charge in [0.05, 0.1) is 8.07 Å². The first-order valence-corrected chi connectivity index (χ1v) is 8.27. The highest BCUT2D eigenvalue weighted by Crippen LogP contribution is 2.10. The molecule has 1 unspecified atom stereocenters. The molecule has 1 aromatic rings. The summed E-state index contributed by atoms with van der Waals surface area (Å²) in [5, 5.41) is 1.49. The molecular weight excluding hydrogens is 174 g/mol. The Kier molecular flexibility index (Phi) is 2.93. The largest absolute Gasteiger partial charge is 0.324 e. The van der Waals surface area contributed by atoms with Crippen molar-refractivity contribution < 1.29 is 0 Å². The zero-order valence-electron chi connectivity index (χ0n) is 8.96. The van der Waals surface area contributed by atoms with Crippen molar-refractivity contribution in [1.29, 1.82) is 0 Å². The third kappa shape index (κ3) is 2.67. The van der Waals surface area contributed by atoms with E-state index in [0.29, 0.717) is 0 Å². The molecule has 0 spiro atoms. The Labute approximate surface area is 82.0 Å². The van der Waals surface area contributed by atoms with Crippen molar-refractivity contribution in [3.8, 4) is 0 Å². The van der Waals surface area contributed by atoms with Crippen LogP contribution in [0.4, 0.5) is 0 Å². The zero-order valence-corrected chi connectivity index (χ0v) is 9.96. The summed E-state index contributed by atoms with van der Waals surface area (Å²) in [6.45, 7) is 9.09. The molecule has 0 saturated carbocycles. The molecule has 0 bridgehead atoms. The van der Waals surface area contributed by atoms with Crippen molar-refractivity contribution in [3.05, 3.63) is 29.8 Å². The van der Waals surface area contributed by atoms with Crippen molar-refractivity contribution in [2.24, 2.45) is 5.73 Å². The van der Waals surface area contributed by atoms with E-state index < -0.39 is 8.07 Å². The number of hydrogen-bond acceptors (Lipinski definition) is 1. The number of nitrogens with two attached hydrogens (primary N) is 1. The van der Waals surface area contributed by atoms with Crippen molar-refractivity contribution in [2.45, 2.75) is 32.6 Å². The molecule has 13 heavy (non-hydrogen) atoms. The zero-order chi connectivity index (χ0) is 10.1. The van der Waals surface area contributed by atoms with Crippen LogP contribution in [0.5, 0.6) is 0 Å². The summed E-state index contributed by atoms with van der Waals surface area (Å²) in [6.07, 6.45) is 0. The van der Waals surface area contributed by atoms with Gasteiger partial charge in [0.1, 0.15) is 0 Å². The highest BCUT2D eigenvalue weighted by Gasteiger charge is 2.16. The van der Waals surface area contributed by atoms with Crippen LogP contribution < -0.4 is 10.9 Å². The molecule has 0 aromatic heterocycles. The minimum atomic E-state index is -1.17. The molecule has 72 valence electrons. The smallest absolute Gasteiger partial charge is 0.0776 e. The third-order valence-electron chi connectivity index (χ3n) is 2.28. The Hall–Kier alpha value is -0.603. The maximum atomic E-state index is 5.84. The lowest BCUT2D eigenvalue weighted by Gasteiger charge is -2.18. The molecule has 2 N–H and O–H groups in total. The monoisotopic (exact) mass is 193 g/mol. The topological polar surface area (TPSA) is 26.0 Å². The van der Waals surface area contributed by atoms with Gasteiger partial charge in [-0.3, -0.25) is 0 Å². The van der Waals surface area contributed by atoms with Crippen molar-refractivity contribution in [2.75, 3.05) is 0 Å². The van der Waals surface area contributed by atoms with E-state index in [2.05, 4.69) is 43.9 Å². The predicted molar refractivity (Wildman–Crippen MR) is 62.0 cm³/mol. The first-order chi connectivity index (χ1) is 5.91. The highest BCUT2D eigenvalue weighted by atomic mass is 28.3. The van der Waals surface area contributed by atoms with E-state index in [1.165, 1.54) is 10.8 Å². The number of benzene rings is 1. The minimum Gasteiger partial charge on any atom is -0.324 e. The Morgan fingerprint density at radius 1 is 1.23 bits per heavy atom. The molecule has 0 aliphatic rings. The van der Waals surface area contributed by atoms with Gasteiger partial charge in [-0.2, -0.15) is 0 Å². The van der Waals surface area contributed by atoms with Crippen molar-refractivity contribution in [1.82, 2.24) is 0 Å². The van der Waals surface area contributed by atoms with Crippen LogP contribution in [0.1, 0.15) is 18.5 Å². The van der Waals surface area contributed by atoms with E-state index >= 15 is 0 Å². The van der Waals surface area contributed by atoms with E-state index in [0.717, 1.165) is 0 Å². The van der Waals surface area contributed by atoms with E-state index in [1.54, 1.807) is 0 Å². The molecule has 0 heterocycles. The van der Waals surface area contributed by atoms with Crippen LogP contribution >= 0.6 is 0 Å². The van der Waals surface area contributed by atoms with Crippen LogP contribution in [0, 0.1) is 0 Å². The van der Waals surface area contributed by atoms with Crippen LogP contribution in [0.15, 0.2) is 24.3 Å². The summed E-state index contributed by atoms with van der Waals surface area (Å²) in [5.74, 6) is 0. The number of rotatable bonds is 2. The van der Waals surface area contributed by atoms with E-state index in [9.17, 15) is 0 Å². The summed E-state index contributed by atoms with van der Waals surface area (Å²) in [6, 6.07) is 8.85. The summed E-state index contributed by atoms with van der Waals surface area (Å²) in [5.41, 5.74) is 7.09. The first-order valence-electron chi connectivity index (χ1n) is 4.77. The molecule has 0 amide bonds. The average Bonchev–Trinajstić information content (AvgIpc) is 2.03. The summed E-state index contributed by atoms with van der Waals surface area (Å²) < 4.78 is 0. The average molecular weight is 193 g/mol. The predicted octanol–water partition coefficient (Wildman–Crippen LogP) is 2.25. The first kappa shape index (κ1) is 10.5. The quantitative estimate of drug-likeness (QED) is 0.716.